The monoisotopic (exact) mass is 288 g/mol. The van der Waals surface area contributed by atoms with Crippen LogP contribution in [0.15, 0.2) is 18.2 Å². The molecular formula is C9H9N2O7P. The van der Waals surface area contributed by atoms with Gasteiger partial charge < -0.3 is 10.2 Å². The fourth-order valence-electron chi connectivity index (χ4n) is 1.39. The van der Waals surface area contributed by atoms with Gasteiger partial charge in [-0.1, -0.05) is 6.07 Å². The van der Waals surface area contributed by atoms with Gasteiger partial charge in [-0.2, -0.15) is 5.09 Å². The standard InChI is InChI=1S/C9H9N2O7P/c12-8-2-1-5(4-7(8)11(15)16)3-6(9(13)14)10-19(17)18/h1-2,4,6,12H,3H2,(H,13,14)(H,10,17,18). The van der Waals surface area contributed by atoms with Gasteiger partial charge in [0.2, 0.25) is 0 Å². The van der Waals surface area contributed by atoms with Gasteiger partial charge in [0.05, 0.1) is 4.92 Å². The Bertz CT molecular complexity index is 576. The van der Waals surface area contributed by atoms with E-state index in [0.29, 0.717) is 0 Å². The van der Waals surface area contributed by atoms with Crippen LogP contribution < -0.4 is 5.09 Å². The van der Waals surface area contributed by atoms with Crippen LogP contribution in [-0.4, -0.2) is 27.1 Å². The van der Waals surface area contributed by atoms with Crippen molar-refractivity contribution in [1.82, 2.24) is 5.09 Å². The second-order valence-electron chi connectivity index (χ2n) is 3.56. The molecule has 9 nitrogen and oxygen atoms in total. The molecule has 102 valence electrons. The molecule has 19 heavy (non-hydrogen) atoms. The number of carboxylic acids is 1. The Morgan fingerprint density at radius 2 is 2.11 bits per heavy atom. The zero-order valence-electron chi connectivity index (χ0n) is 9.35. The number of aliphatic carboxylic acids is 1. The van der Waals surface area contributed by atoms with Gasteiger partial charge in [0.25, 0.3) is 0 Å². The number of rotatable bonds is 6. The number of nitrogens with zero attached hydrogens (tertiary/aromatic N) is 1. The van der Waals surface area contributed by atoms with E-state index in [1.807, 2.05) is 5.09 Å². The van der Waals surface area contributed by atoms with Crippen LogP contribution in [0.2, 0.25) is 0 Å². The summed E-state index contributed by atoms with van der Waals surface area (Å²) in [4.78, 5) is 20.6. The first kappa shape index (κ1) is 14.8. The molecule has 1 aromatic carbocycles. The molecule has 1 aromatic rings. The van der Waals surface area contributed by atoms with Crippen molar-refractivity contribution in [2.45, 2.75) is 12.5 Å². The zero-order chi connectivity index (χ0) is 14.6. The molecule has 0 spiro atoms. The van der Waals surface area contributed by atoms with Crippen molar-refractivity contribution < 1.29 is 29.1 Å². The van der Waals surface area contributed by atoms with Gasteiger partial charge in [-0.15, -0.1) is 0 Å². The Balaban J connectivity index is 3.00. The number of carbonyl (C=O) groups is 1. The average Bonchev–Trinajstić information content (AvgIpc) is 2.29. The van der Waals surface area contributed by atoms with Crippen LogP contribution in [-0.2, 0) is 20.3 Å². The Hall–Kier alpha value is -2.25. The molecule has 0 aliphatic carbocycles. The van der Waals surface area contributed by atoms with Crippen molar-refractivity contribution in [1.29, 1.82) is 0 Å². The van der Waals surface area contributed by atoms with Gasteiger partial charge >= 0.3 is 19.5 Å². The SMILES string of the molecule is O=C(O)C(Cc1ccc(O)c([N+](=O)[O-])c1)NP(=O)=O. The van der Waals surface area contributed by atoms with Gasteiger partial charge in [0.15, 0.2) is 5.75 Å². The van der Waals surface area contributed by atoms with Crippen molar-refractivity contribution in [2.24, 2.45) is 0 Å². The quantitative estimate of drug-likeness (QED) is 0.398. The molecule has 1 unspecified atom stereocenters. The lowest BCUT2D eigenvalue weighted by Crippen LogP contribution is -2.33. The summed E-state index contributed by atoms with van der Waals surface area (Å²) in [7, 11) is -3.11. The summed E-state index contributed by atoms with van der Waals surface area (Å²) in [5.41, 5.74) is -0.366. The average molecular weight is 288 g/mol. The molecule has 10 heteroatoms. The number of phenols is 1. The Kier molecular flexibility index (Phi) is 4.74. The van der Waals surface area contributed by atoms with Gasteiger partial charge in [-0.3, -0.25) is 14.9 Å². The van der Waals surface area contributed by atoms with E-state index in [4.69, 9.17) is 5.11 Å². The molecule has 3 N–H and O–H groups in total. The molecule has 1 atom stereocenters. The van der Waals surface area contributed by atoms with Crippen molar-refractivity contribution in [3.63, 3.8) is 0 Å². The molecular weight excluding hydrogens is 279 g/mol. The number of phenolic OH excluding ortho intramolecular Hbond substituents is 1. The first-order valence-electron chi connectivity index (χ1n) is 4.91. The number of nitro groups is 1. The predicted molar refractivity (Wildman–Crippen MR) is 61.3 cm³/mol. The van der Waals surface area contributed by atoms with Gasteiger partial charge in [-0.05, 0) is 18.1 Å². The van der Waals surface area contributed by atoms with Crippen LogP contribution in [0.3, 0.4) is 0 Å². The van der Waals surface area contributed by atoms with Crippen molar-refractivity contribution in [2.75, 3.05) is 0 Å². The number of aromatic hydroxyl groups is 1. The summed E-state index contributed by atoms with van der Waals surface area (Å²) in [6, 6.07) is 1.89. The number of hydrogen-bond donors (Lipinski definition) is 3. The molecule has 0 saturated heterocycles. The highest BCUT2D eigenvalue weighted by Crippen LogP contribution is 2.26. The van der Waals surface area contributed by atoms with E-state index in [9.17, 15) is 29.1 Å². The number of benzene rings is 1. The molecule has 0 fully saturated rings. The van der Waals surface area contributed by atoms with Crippen molar-refractivity contribution in [3.05, 3.63) is 33.9 Å². The van der Waals surface area contributed by atoms with E-state index < -0.39 is 36.2 Å². The Labute approximate surface area is 106 Å². The van der Waals surface area contributed by atoms with E-state index in [0.717, 1.165) is 12.1 Å². The first-order chi connectivity index (χ1) is 8.81. The lowest BCUT2D eigenvalue weighted by molar-refractivity contribution is -0.385. The molecule has 0 radical (unpaired) electrons. The fourth-order valence-corrected chi connectivity index (χ4v) is 1.85. The van der Waals surface area contributed by atoms with E-state index in [-0.39, 0.29) is 12.0 Å². The number of hydrogen-bond acceptors (Lipinski definition) is 6. The highest BCUT2D eigenvalue weighted by molar-refractivity contribution is 7.28. The maximum Gasteiger partial charge on any atom is 0.396 e. The summed E-state index contributed by atoms with van der Waals surface area (Å²) < 4.78 is 20.9. The second-order valence-corrected chi connectivity index (χ2v) is 4.33. The minimum absolute atomic E-state index is 0.209. The molecule has 0 saturated carbocycles. The fraction of sp³-hybridized carbons (Fsp3) is 0.222. The summed E-state index contributed by atoms with van der Waals surface area (Å²) in [5, 5.41) is 30.4. The third-order valence-electron chi connectivity index (χ3n) is 2.24. The zero-order valence-corrected chi connectivity index (χ0v) is 10.2. The Morgan fingerprint density at radius 3 is 2.58 bits per heavy atom. The summed E-state index contributed by atoms with van der Waals surface area (Å²) in [5.74, 6) is -1.96. The minimum atomic E-state index is -3.11. The van der Waals surface area contributed by atoms with E-state index >= 15 is 0 Å². The van der Waals surface area contributed by atoms with Crippen LogP contribution in [0.1, 0.15) is 5.56 Å². The van der Waals surface area contributed by atoms with Crippen LogP contribution >= 0.6 is 7.83 Å². The number of carboxylic acid groups (broad SMARTS) is 1. The summed E-state index contributed by atoms with van der Waals surface area (Å²) in [6.45, 7) is 0. The highest BCUT2D eigenvalue weighted by Gasteiger charge is 2.21. The second kappa shape index (κ2) is 6.07. The lowest BCUT2D eigenvalue weighted by Gasteiger charge is -2.09. The van der Waals surface area contributed by atoms with Crippen LogP contribution in [0, 0.1) is 10.1 Å². The third-order valence-corrected chi connectivity index (χ3v) is 2.76. The molecule has 0 aromatic heterocycles. The van der Waals surface area contributed by atoms with E-state index in [2.05, 4.69) is 0 Å². The first-order valence-corrected chi connectivity index (χ1v) is 6.08. The van der Waals surface area contributed by atoms with Crippen molar-refractivity contribution in [3.8, 4) is 5.75 Å². The molecule has 0 bridgehead atoms. The maximum atomic E-state index is 10.8. The topological polar surface area (TPSA) is 147 Å². The van der Waals surface area contributed by atoms with Crippen LogP contribution in [0.4, 0.5) is 5.69 Å². The summed E-state index contributed by atoms with van der Waals surface area (Å²) in [6.07, 6.45) is -0.278. The lowest BCUT2D eigenvalue weighted by atomic mass is 10.1. The van der Waals surface area contributed by atoms with Crippen LogP contribution in [0.25, 0.3) is 0 Å². The molecule has 0 aliphatic heterocycles. The highest BCUT2D eigenvalue weighted by atomic mass is 31.1. The number of nitro benzene ring substituents is 1. The molecule has 0 aliphatic rings. The third kappa shape index (κ3) is 4.16. The largest absolute Gasteiger partial charge is 0.502 e. The minimum Gasteiger partial charge on any atom is -0.502 e. The molecule has 0 heterocycles. The van der Waals surface area contributed by atoms with Crippen LogP contribution in [0.5, 0.6) is 5.75 Å². The van der Waals surface area contributed by atoms with E-state index in [1.54, 1.807) is 0 Å². The van der Waals surface area contributed by atoms with Gasteiger partial charge in [0, 0.05) is 6.07 Å². The maximum absolute atomic E-state index is 10.8. The van der Waals surface area contributed by atoms with Crippen molar-refractivity contribution >= 4 is 19.5 Å². The summed E-state index contributed by atoms with van der Waals surface area (Å²) >= 11 is 0. The molecule has 0 amide bonds. The molecule has 1 rings (SSSR count). The van der Waals surface area contributed by atoms with E-state index in [1.165, 1.54) is 6.07 Å². The Morgan fingerprint density at radius 1 is 1.47 bits per heavy atom. The van der Waals surface area contributed by atoms with Gasteiger partial charge in [-0.25, -0.2) is 9.13 Å². The number of nitrogens with one attached hydrogen (secondary N) is 1. The van der Waals surface area contributed by atoms with Gasteiger partial charge in [0.1, 0.15) is 6.04 Å². The normalized spacial score (nSPS) is 11.8. The predicted octanol–water partition coefficient (Wildman–Crippen LogP) is 0.974. The smallest absolute Gasteiger partial charge is 0.396 e.